The third kappa shape index (κ3) is 4.63. The molecule has 1 heterocycles. The molecule has 1 aliphatic heterocycles. The zero-order valence-corrected chi connectivity index (χ0v) is 19.3. The van der Waals surface area contributed by atoms with Crippen molar-refractivity contribution < 1.29 is 47.5 Å². The number of benzene rings is 3. The van der Waals surface area contributed by atoms with E-state index in [0.29, 0.717) is 41.2 Å². The molecule has 3 aromatic rings. The van der Waals surface area contributed by atoms with E-state index in [2.05, 4.69) is 9.47 Å². The highest BCUT2D eigenvalue weighted by Crippen LogP contribution is 2.52. The number of Topliss-reactive ketones (excluding diaryl/α,β-unsaturated/α-hetero) is 1. The number of hydrogen-bond acceptors (Lipinski definition) is 4. The Kier molecular flexibility index (Phi) is 5.54. The molecule has 0 atom stereocenters. The number of ketones is 1. The van der Waals surface area contributed by atoms with Crippen LogP contribution in [0.2, 0.25) is 0 Å². The molecular formula is C27H21F5O5. The number of fused-ring (bicyclic) bond motifs is 1. The first-order valence-electron chi connectivity index (χ1n) is 11.3. The number of carbonyl (C=O) groups excluding carboxylic acids is 1. The van der Waals surface area contributed by atoms with Crippen LogP contribution in [0.4, 0.5) is 22.0 Å². The van der Waals surface area contributed by atoms with E-state index in [1.54, 1.807) is 31.2 Å². The Morgan fingerprint density at radius 2 is 1.68 bits per heavy atom. The molecule has 1 saturated carbocycles. The molecule has 0 radical (unpaired) electrons. The van der Waals surface area contributed by atoms with Crippen LogP contribution >= 0.6 is 0 Å². The van der Waals surface area contributed by atoms with Crippen molar-refractivity contribution in [2.45, 2.75) is 44.1 Å². The lowest BCUT2D eigenvalue weighted by Crippen LogP contribution is -2.26. The van der Waals surface area contributed by atoms with E-state index < -0.39 is 35.0 Å². The SMILES string of the molecule is Cc1ccc(CC(=O)C2(c3ccc4c(c3)OC(F)(F)O4)CC2)cc1-c1cc(C(=O)O)cc(C(F)(F)F)c1.[HH]. The average molecular weight is 520 g/mol. The van der Waals surface area contributed by atoms with Gasteiger partial charge in [0.1, 0.15) is 5.78 Å². The molecule has 37 heavy (non-hydrogen) atoms. The summed E-state index contributed by atoms with van der Waals surface area (Å²) in [6, 6.07) is 11.8. The van der Waals surface area contributed by atoms with Gasteiger partial charge in [0.05, 0.1) is 16.5 Å². The molecule has 5 nitrogen and oxygen atoms in total. The third-order valence-electron chi connectivity index (χ3n) is 6.72. The lowest BCUT2D eigenvalue weighted by Gasteiger charge is -2.17. The van der Waals surface area contributed by atoms with Crippen LogP contribution in [0.1, 0.15) is 46.9 Å². The second kappa shape index (κ2) is 8.29. The Morgan fingerprint density at radius 1 is 0.973 bits per heavy atom. The summed E-state index contributed by atoms with van der Waals surface area (Å²) >= 11 is 0. The monoisotopic (exact) mass is 520 g/mol. The standard InChI is InChI=1S/C27H19F5O5.H2/c1-14-2-3-15(8-20(14)16-10-17(24(34)35)12-19(11-16)26(28,29)30)9-23(33)25(6-7-25)18-4-5-21-22(13-18)37-27(31,32)36-21;/h2-5,8,10-13H,6-7,9H2,1H3,(H,34,35);1H. The summed E-state index contributed by atoms with van der Waals surface area (Å²) in [4.78, 5) is 24.8. The molecule has 0 unspecified atom stereocenters. The van der Waals surface area contributed by atoms with Crippen molar-refractivity contribution in [1.29, 1.82) is 0 Å². The summed E-state index contributed by atoms with van der Waals surface area (Å²) in [6.45, 7) is 1.67. The molecule has 10 heteroatoms. The second-order valence-corrected chi connectivity index (χ2v) is 9.26. The Hall–Kier alpha value is -3.95. The molecular weight excluding hydrogens is 499 g/mol. The molecule has 1 N–H and O–H groups in total. The Labute approximate surface area is 208 Å². The fourth-order valence-electron chi connectivity index (χ4n) is 4.62. The number of alkyl halides is 5. The highest BCUT2D eigenvalue weighted by molar-refractivity contribution is 5.95. The van der Waals surface area contributed by atoms with Crippen LogP contribution in [0.15, 0.2) is 54.6 Å². The van der Waals surface area contributed by atoms with Crippen LogP contribution in [0.5, 0.6) is 11.5 Å². The van der Waals surface area contributed by atoms with Crippen molar-refractivity contribution >= 4 is 11.8 Å². The fraction of sp³-hybridized carbons (Fsp3) is 0.259. The van der Waals surface area contributed by atoms with Gasteiger partial charge in [0.2, 0.25) is 0 Å². The number of aromatic carboxylic acids is 1. The summed E-state index contributed by atoms with van der Waals surface area (Å²) in [6.07, 6.45) is -7.55. The van der Waals surface area contributed by atoms with Crippen LogP contribution in [0.3, 0.4) is 0 Å². The molecule has 0 bridgehead atoms. The Bertz CT molecular complexity index is 1450. The first kappa shape index (κ1) is 24.7. The first-order chi connectivity index (χ1) is 17.3. The lowest BCUT2D eigenvalue weighted by molar-refractivity contribution is -0.286. The van der Waals surface area contributed by atoms with Crippen LogP contribution in [0.25, 0.3) is 11.1 Å². The van der Waals surface area contributed by atoms with Gasteiger partial charge in [-0.3, -0.25) is 4.79 Å². The summed E-state index contributed by atoms with van der Waals surface area (Å²) in [7, 11) is 0. The predicted octanol–water partition coefficient (Wildman–Crippen LogP) is 6.79. The Morgan fingerprint density at radius 3 is 2.32 bits per heavy atom. The number of hydrogen-bond donors (Lipinski definition) is 1. The van der Waals surface area contributed by atoms with Gasteiger partial charge in [-0.25, -0.2) is 4.79 Å². The third-order valence-corrected chi connectivity index (χ3v) is 6.72. The number of halogens is 5. The van der Waals surface area contributed by atoms with Crippen molar-refractivity contribution in [3.8, 4) is 22.6 Å². The van der Waals surface area contributed by atoms with E-state index in [0.717, 1.165) is 12.1 Å². The van der Waals surface area contributed by atoms with E-state index in [4.69, 9.17) is 0 Å². The maximum absolute atomic E-state index is 13.4. The number of carboxylic acid groups (broad SMARTS) is 1. The molecule has 3 aromatic carbocycles. The average Bonchev–Trinajstić information content (AvgIpc) is 3.56. The van der Waals surface area contributed by atoms with Gasteiger partial charge in [0.25, 0.3) is 0 Å². The summed E-state index contributed by atoms with van der Waals surface area (Å²) in [5.74, 6) is -1.95. The molecule has 1 aliphatic carbocycles. The topological polar surface area (TPSA) is 72.8 Å². The van der Waals surface area contributed by atoms with Crippen molar-refractivity contribution in [1.82, 2.24) is 0 Å². The molecule has 0 aromatic heterocycles. The number of carboxylic acids is 1. The number of aryl methyl sites for hydroxylation is 1. The van der Waals surface area contributed by atoms with Crippen LogP contribution in [0, 0.1) is 6.92 Å². The Balaban J connectivity index is 0.00000336. The van der Waals surface area contributed by atoms with Crippen molar-refractivity contribution in [2.24, 2.45) is 0 Å². The van der Waals surface area contributed by atoms with Crippen molar-refractivity contribution in [3.05, 3.63) is 82.4 Å². The van der Waals surface area contributed by atoms with Gasteiger partial charge in [-0.2, -0.15) is 13.2 Å². The minimum Gasteiger partial charge on any atom is -0.478 e. The molecule has 2 aliphatic rings. The minimum atomic E-state index is -4.74. The van der Waals surface area contributed by atoms with Crippen LogP contribution < -0.4 is 9.47 Å². The number of carbonyl (C=O) groups is 2. The molecule has 0 spiro atoms. The molecule has 194 valence electrons. The first-order valence-corrected chi connectivity index (χ1v) is 11.3. The van der Waals surface area contributed by atoms with E-state index in [1.807, 2.05) is 0 Å². The van der Waals surface area contributed by atoms with Crippen molar-refractivity contribution in [3.63, 3.8) is 0 Å². The molecule has 5 rings (SSSR count). The molecule has 0 saturated heterocycles. The fourth-order valence-corrected chi connectivity index (χ4v) is 4.62. The predicted molar refractivity (Wildman–Crippen MR) is 123 cm³/mol. The van der Waals surface area contributed by atoms with E-state index in [9.17, 15) is 36.6 Å². The normalized spacial score (nSPS) is 16.9. The quantitative estimate of drug-likeness (QED) is 0.363. The van der Waals surface area contributed by atoms with Gasteiger partial charge >= 0.3 is 18.4 Å². The van der Waals surface area contributed by atoms with Gasteiger partial charge in [-0.05, 0) is 77.9 Å². The second-order valence-electron chi connectivity index (χ2n) is 9.26. The minimum absolute atomic E-state index is 0. The smallest absolute Gasteiger partial charge is 0.478 e. The summed E-state index contributed by atoms with van der Waals surface area (Å²) in [5, 5.41) is 9.31. The van der Waals surface area contributed by atoms with Gasteiger partial charge in [0.15, 0.2) is 11.5 Å². The summed E-state index contributed by atoms with van der Waals surface area (Å²) < 4.78 is 75.9. The molecule has 1 fully saturated rings. The highest BCUT2D eigenvalue weighted by Gasteiger charge is 2.52. The zero-order chi connectivity index (χ0) is 26.8. The van der Waals surface area contributed by atoms with Crippen LogP contribution in [-0.4, -0.2) is 23.2 Å². The molecule has 0 amide bonds. The maximum atomic E-state index is 13.4. The number of rotatable bonds is 6. The van der Waals surface area contributed by atoms with Crippen LogP contribution in [-0.2, 0) is 22.8 Å². The van der Waals surface area contributed by atoms with Gasteiger partial charge in [-0.1, -0.05) is 24.3 Å². The van der Waals surface area contributed by atoms with Gasteiger partial charge in [-0.15, -0.1) is 8.78 Å². The van der Waals surface area contributed by atoms with Gasteiger partial charge in [0, 0.05) is 7.85 Å². The largest absolute Gasteiger partial charge is 0.586 e. The van der Waals surface area contributed by atoms with E-state index in [1.165, 1.54) is 12.1 Å². The van der Waals surface area contributed by atoms with Crippen molar-refractivity contribution in [2.75, 3.05) is 0 Å². The lowest BCUT2D eigenvalue weighted by atomic mass is 9.86. The highest BCUT2D eigenvalue weighted by atomic mass is 19.4. The van der Waals surface area contributed by atoms with E-state index >= 15 is 0 Å². The zero-order valence-electron chi connectivity index (χ0n) is 19.3. The van der Waals surface area contributed by atoms with Gasteiger partial charge < -0.3 is 14.6 Å². The van der Waals surface area contributed by atoms with E-state index in [-0.39, 0.29) is 30.7 Å². The maximum Gasteiger partial charge on any atom is 0.586 e. The number of ether oxygens (including phenoxy) is 2. The summed E-state index contributed by atoms with van der Waals surface area (Å²) in [5.41, 5.74) is -0.388.